The number of amides is 1. The van der Waals surface area contributed by atoms with Gasteiger partial charge in [0.1, 0.15) is 11.4 Å². The lowest BCUT2D eigenvalue weighted by molar-refractivity contribution is 0.0977. The molecule has 7 heteroatoms. The first kappa shape index (κ1) is 20.4. The van der Waals surface area contributed by atoms with Gasteiger partial charge in [0.05, 0.1) is 5.56 Å². The molecule has 0 unspecified atom stereocenters. The summed E-state index contributed by atoms with van der Waals surface area (Å²) in [7, 11) is 0. The van der Waals surface area contributed by atoms with E-state index < -0.39 is 17.3 Å². The van der Waals surface area contributed by atoms with Gasteiger partial charge in [0, 0.05) is 16.6 Å². The minimum absolute atomic E-state index is 0.0556. The predicted octanol–water partition coefficient (Wildman–Crippen LogP) is 5.03. The molecule has 1 aromatic heterocycles. The van der Waals surface area contributed by atoms with Crippen molar-refractivity contribution in [2.45, 2.75) is 6.92 Å². The van der Waals surface area contributed by atoms with E-state index in [1.54, 1.807) is 24.3 Å². The van der Waals surface area contributed by atoms with Gasteiger partial charge in [-0.3, -0.25) is 10.1 Å². The Balaban J connectivity index is 1.58. The molecule has 0 aliphatic heterocycles. The van der Waals surface area contributed by atoms with Crippen molar-refractivity contribution in [2.75, 3.05) is 5.32 Å². The largest absolute Gasteiger partial charge is 0.422 e. The summed E-state index contributed by atoms with van der Waals surface area (Å²) in [4.78, 5) is 24.8. The summed E-state index contributed by atoms with van der Waals surface area (Å²) >= 11 is 5.24. The van der Waals surface area contributed by atoms with Crippen LogP contribution in [0.25, 0.3) is 22.1 Å². The molecule has 1 heterocycles. The molecule has 0 aliphatic carbocycles. The zero-order chi connectivity index (χ0) is 22.0. The van der Waals surface area contributed by atoms with Gasteiger partial charge in [-0.15, -0.1) is 0 Å². The molecular weight excluding hydrogens is 415 g/mol. The maximum atomic E-state index is 13.3. The van der Waals surface area contributed by atoms with Crippen LogP contribution in [0.4, 0.5) is 10.1 Å². The van der Waals surface area contributed by atoms with Gasteiger partial charge in [-0.05, 0) is 66.7 Å². The maximum absolute atomic E-state index is 13.3. The first-order valence-electron chi connectivity index (χ1n) is 9.42. The summed E-state index contributed by atoms with van der Waals surface area (Å²) < 4.78 is 18.8. The highest BCUT2D eigenvalue weighted by atomic mass is 32.1. The Morgan fingerprint density at radius 1 is 1.00 bits per heavy atom. The van der Waals surface area contributed by atoms with Crippen LogP contribution >= 0.6 is 12.2 Å². The third-order valence-electron chi connectivity index (χ3n) is 4.75. The van der Waals surface area contributed by atoms with Crippen LogP contribution in [0.1, 0.15) is 15.9 Å². The molecule has 4 aromatic rings. The van der Waals surface area contributed by atoms with E-state index in [1.807, 2.05) is 31.2 Å². The number of carbonyl (C=O) groups is 1. The zero-order valence-corrected chi connectivity index (χ0v) is 17.3. The van der Waals surface area contributed by atoms with Crippen molar-refractivity contribution in [3.63, 3.8) is 0 Å². The van der Waals surface area contributed by atoms with Gasteiger partial charge in [-0.2, -0.15) is 0 Å². The average molecular weight is 432 g/mol. The van der Waals surface area contributed by atoms with Crippen molar-refractivity contribution in [3.05, 3.63) is 100 Å². The Morgan fingerprint density at radius 3 is 2.61 bits per heavy atom. The van der Waals surface area contributed by atoms with Crippen LogP contribution < -0.4 is 16.3 Å². The Labute approximate surface area is 182 Å². The lowest BCUT2D eigenvalue weighted by atomic mass is 10.0. The van der Waals surface area contributed by atoms with E-state index in [-0.39, 0.29) is 10.7 Å². The van der Waals surface area contributed by atoms with Gasteiger partial charge in [0.15, 0.2) is 5.11 Å². The molecule has 0 radical (unpaired) electrons. The normalized spacial score (nSPS) is 10.6. The van der Waals surface area contributed by atoms with Gasteiger partial charge >= 0.3 is 5.63 Å². The van der Waals surface area contributed by atoms with E-state index in [9.17, 15) is 14.0 Å². The molecule has 0 bridgehead atoms. The summed E-state index contributed by atoms with van der Waals surface area (Å²) in [6.07, 6.45) is 0. The molecule has 0 saturated carbocycles. The molecule has 0 spiro atoms. The third-order valence-corrected chi connectivity index (χ3v) is 4.96. The zero-order valence-electron chi connectivity index (χ0n) is 16.4. The molecule has 1 amide bonds. The molecule has 4 rings (SSSR count). The van der Waals surface area contributed by atoms with Crippen molar-refractivity contribution in [1.29, 1.82) is 0 Å². The van der Waals surface area contributed by atoms with Gasteiger partial charge in [0.25, 0.3) is 5.91 Å². The van der Waals surface area contributed by atoms with Gasteiger partial charge in [0.2, 0.25) is 0 Å². The minimum Gasteiger partial charge on any atom is -0.422 e. The van der Waals surface area contributed by atoms with Crippen molar-refractivity contribution in [2.24, 2.45) is 0 Å². The van der Waals surface area contributed by atoms with Gasteiger partial charge in [-0.25, -0.2) is 9.18 Å². The Kier molecular flexibility index (Phi) is 5.60. The van der Waals surface area contributed by atoms with Crippen LogP contribution in [-0.2, 0) is 0 Å². The highest BCUT2D eigenvalue weighted by molar-refractivity contribution is 7.80. The van der Waals surface area contributed by atoms with Crippen molar-refractivity contribution < 1.29 is 13.6 Å². The topological polar surface area (TPSA) is 71.3 Å². The fraction of sp³-hybridized carbons (Fsp3) is 0.0417. The number of carbonyl (C=O) groups excluding carboxylic acids is 1. The predicted molar refractivity (Wildman–Crippen MR) is 123 cm³/mol. The van der Waals surface area contributed by atoms with Crippen molar-refractivity contribution in [3.8, 4) is 11.1 Å². The van der Waals surface area contributed by atoms with Crippen LogP contribution in [0, 0.1) is 12.7 Å². The van der Waals surface area contributed by atoms with E-state index in [0.717, 1.165) is 17.0 Å². The lowest BCUT2D eigenvalue weighted by Crippen LogP contribution is -2.34. The summed E-state index contributed by atoms with van der Waals surface area (Å²) in [5, 5.41) is 6.36. The van der Waals surface area contributed by atoms with E-state index in [0.29, 0.717) is 22.4 Å². The number of thiocarbonyl (C=S) groups is 1. The first-order valence-corrected chi connectivity index (χ1v) is 9.83. The van der Waals surface area contributed by atoms with Gasteiger partial charge in [-0.1, -0.05) is 36.4 Å². The molecule has 0 aliphatic rings. The summed E-state index contributed by atoms with van der Waals surface area (Å²) in [6.45, 7) is 1.87. The standard InChI is InChI=1S/C24H17FN2O3S/c1-14-9-10-15(19-12-16-5-2-3-8-21(16)30-23(19)29)13-20(14)26-24(31)27-22(28)17-6-4-7-18(25)11-17/h2-13H,1H3,(H2,26,27,28,31). The van der Waals surface area contributed by atoms with Crippen LogP contribution in [0.3, 0.4) is 0 Å². The Morgan fingerprint density at radius 2 is 1.81 bits per heavy atom. The van der Waals surface area contributed by atoms with E-state index >= 15 is 0 Å². The molecule has 5 nitrogen and oxygen atoms in total. The average Bonchev–Trinajstić information content (AvgIpc) is 2.75. The fourth-order valence-corrected chi connectivity index (χ4v) is 3.35. The quantitative estimate of drug-likeness (QED) is 0.351. The van der Waals surface area contributed by atoms with Crippen LogP contribution in [0.2, 0.25) is 0 Å². The Hall–Kier alpha value is -3.84. The summed E-state index contributed by atoms with van der Waals surface area (Å²) in [6, 6.07) is 19.8. The number of hydrogen-bond donors (Lipinski definition) is 2. The van der Waals surface area contributed by atoms with E-state index in [2.05, 4.69) is 10.6 Å². The van der Waals surface area contributed by atoms with E-state index in [1.165, 1.54) is 18.2 Å². The molecule has 3 aromatic carbocycles. The number of halogens is 1. The number of fused-ring (bicyclic) bond motifs is 1. The number of aryl methyl sites for hydroxylation is 1. The second kappa shape index (κ2) is 8.49. The van der Waals surface area contributed by atoms with Crippen LogP contribution in [0.15, 0.2) is 82.0 Å². The SMILES string of the molecule is Cc1ccc(-c2cc3ccccc3oc2=O)cc1NC(=S)NC(=O)c1cccc(F)c1. The highest BCUT2D eigenvalue weighted by Crippen LogP contribution is 2.26. The molecule has 0 fully saturated rings. The van der Waals surface area contributed by atoms with Gasteiger partial charge < -0.3 is 9.73 Å². The molecule has 0 atom stereocenters. The van der Waals surface area contributed by atoms with Crippen molar-refractivity contribution >= 4 is 39.9 Å². The number of hydrogen-bond acceptors (Lipinski definition) is 4. The summed E-state index contributed by atoms with van der Waals surface area (Å²) in [5.74, 6) is -1.04. The maximum Gasteiger partial charge on any atom is 0.344 e. The van der Waals surface area contributed by atoms with Crippen molar-refractivity contribution in [1.82, 2.24) is 5.32 Å². The van der Waals surface area contributed by atoms with Crippen LogP contribution in [-0.4, -0.2) is 11.0 Å². The number of nitrogens with one attached hydrogen (secondary N) is 2. The number of rotatable bonds is 3. The monoisotopic (exact) mass is 432 g/mol. The molecule has 31 heavy (non-hydrogen) atoms. The molecule has 154 valence electrons. The summed E-state index contributed by atoms with van der Waals surface area (Å²) in [5.41, 5.74) is 2.76. The lowest BCUT2D eigenvalue weighted by Gasteiger charge is -2.13. The molecular formula is C24H17FN2O3S. The fourth-order valence-electron chi connectivity index (χ4n) is 3.15. The minimum atomic E-state index is -0.527. The Bertz CT molecular complexity index is 1380. The van der Waals surface area contributed by atoms with E-state index in [4.69, 9.17) is 16.6 Å². The number of benzene rings is 3. The van der Waals surface area contributed by atoms with Crippen LogP contribution in [0.5, 0.6) is 0 Å². The highest BCUT2D eigenvalue weighted by Gasteiger charge is 2.12. The first-order chi connectivity index (χ1) is 14.9. The molecule has 2 N–H and O–H groups in total. The number of anilines is 1. The third kappa shape index (κ3) is 4.51. The molecule has 0 saturated heterocycles. The second-order valence-electron chi connectivity index (χ2n) is 6.93. The second-order valence-corrected chi connectivity index (χ2v) is 7.34. The smallest absolute Gasteiger partial charge is 0.344 e. The number of para-hydroxylation sites is 1.